The maximum atomic E-state index is 5.34. The van der Waals surface area contributed by atoms with Crippen LogP contribution in [-0.2, 0) is 0 Å². The lowest BCUT2D eigenvalue weighted by atomic mass is 10.2. The molecule has 0 amide bonds. The molecule has 0 bridgehead atoms. The third kappa shape index (κ3) is 1.20. The van der Waals surface area contributed by atoms with Gasteiger partial charge in [0.15, 0.2) is 0 Å². The Morgan fingerprint density at radius 3 is 3.00 bits per heavy atom. The molecule has 0 saturated carbocycles. The van der Waals surface area contributed by atoms with Crippen molar-refractivity contribution in [2.45, 2.75) is 0 Å². The van der Waals surface area contributed by atoms with Crippen molar-refractivity contribution in [3.8, 4) is 5.75 Å². The van der Waals surface area contributed by atoms with Gasteiger partial charge in [0.2, 0.25) is 0 Å². The molecular formula is C12H9NOS. The van der Waals surface area contributed by atoms with Crippen molar-refractivity contribution in [3.05, 3.63) is 36.5 Å². The minimum Gasteiger partial charge on any atom is -0.495 e. The van der Waals surface area contributed by atoms with Gasteiger partial charge in [0.05, 0.1) is 22.0 Å². The largest absolute Gasteiger partial charge is 0.495 e. The number of hydrogen-bond donors (Lipinski definition) is 0. The first-order chi connectivity index (χ1) is 7.40. The van der Waals surface area contributed by atoms with Crippen LogP contribution in [0.25, 0.3) is 20.3 Å². The molecule has 0 radical (unpaired) electrons. The van der Waals surface area contributed by atoms with Crippen LogP contribution < -0.4 is 4.74 Å². The fraction of sp³-hybridized carbons (Fsp3) is 0.0833. The molecule has 0 aliphatic rings. The number of hydrogen-bond acceptors (Lipinski definition) is 3. The van der Waals surface area contributed by atoms with E-state index in [0.29, 0.717) is 0 Å². The van der Waals surface area contributed by atoms with Crippen molar-refractivity contribution < 1.29 is 4.74 Å². The van der Waals surface area contributed by atoms with Gasteiger partial charge in [-0.15, -0.1) is 11.3 Å². The average molecular weight is 215 g/mol. The molecule has 0 spiro atoms. The molecule has 3 heteroatoms. The molecule has 2 nitrogen and oxygen atoms in total. The van der Waals surface area contributed by atoms with Crippen LogP contribution in [0.1, 0.15) is 0 Å². The van der Waals surface area contributed by atoms with Crippen LogP contribution in [0.15, 0.2) is 36.5 Å². The summed E-state index contributed by atoms with van der Waals surface area (Å²) in [7, 11) is 1.70. The van der Waals surface area contributed by atoms with Gasteiger partial charge in [-0.05, 0) is 18.2 Å². The SMILES string of the molecule is COc1cccc2c1sc1cccnc12. The summed E-state index contributed by atoms with van der Waals surface area (Å²) in [5, 5.41) is 1.18. The lowest BCUT2D eigenvalue weighted by Gasteiger charge is -1.99. The van der Waals surface area contributed by atoms with Crippen LogP contribution in [0.2, 0.25) is 0 Å². The fourth-order valence-electron chi connectivity index (χ4n) is 1.75. The van der Waals surface area contributed by atoms with E-state index in [1.54, 1.807) is 18.4 Å². The Kier molecular flexibility index (Phi) is 1.86. The second-order valence-electron chi connectivity index (χ2n) is 3.29. The Hall–Kier alpha value is -1.61. The Morgan fingerprint density at radius 2 is 2.13 bits per heavy atom. The second-order valence-corrected chi connectivity index (χ2v) is 4.34. The molecule has 0 atom stereocenters. The van der Waals surface area contributed by atoms with Crippen molar-refractivity contribution in [2.24, 2.45) is 0 Å². The third-order valence-electron chi connectivity index (χ3n) is 2.44. The van der Waals surface area contributed by atoms with E-state index in [9.17, 15) is 0 Å². The van der Waals surface area contributed by atoms with Crippen LogP contribution >= 0.6 is 11.3 Å². The highest BCUT2D eigenvalue weighted by Gasteiger charge is 2.08. The number of ether oxygens (including phenoxy) is 1. The van der Waals surface area contributed by atoms with E-state index in [2.05, 4.69) is 17.1 Å². The molecule has 0 saturated heterocycles. The Balaban J connectivity index is 2.53. The number of pyridine rings is 1. The summed E-state index contributed by atoms with van der Waals surface area (Å²) in [6.07, 6.45) is 1.83. The first kappa shape index (κ1) is 8.68. The molecule has 2 heterocycles. The van der Waals surface area contributed by atoms with Gasteiger partial charge in [0, 0.05) is 11.6 Å². The highest BCUT2D eigenvalue weighted by molar-refractivity contribution is 7.26. The predicted molar refractivity (Wildman–Crippen MR) is 63.7 cm³/mol. The summed E-state index contributed by atoms with van der Waals surface area (Å²) in [6, 6.07) is 10.1. The number of methoxy groups -OCH3 is 1. The lowest BCUT2D eigenvalue weighted by Crippen LogP contribution is -1.81. The zero-order valence-electron chi connectivity index (χ0n) is 8.23. The van der Waals surface area contributed by atoms with E-state index < -0.39 is 0 Å². The van der Waals surface area contributed by atoms with Gasteiger partial charge in [-0.25, -0.2) is 0 Å². The zero-order chi connectivity index (χ0) is 10.3. The highest BCUT2D eigenvalue weighted by atomic mass is 32.1. The standard InChI is InChI=1S/C12H9NOS/c1-14-9-5-2-4-8-11-10(15-12(8)9)6-3-7-13-11/h2-7H,1H3. The molecule has 0 unspecified atom stereocenters. The topological polar surface area (TPSA) is 22.1 Å². The summed E-state index contributed by atoms with van der Waals surface area (Å²) >= 11 is 1.73. The predicted octanol–water partition coefficient (Wildman–Crippen LogP) is 3.46. The van der Waals surface area contributed by atoms with Gasteiger partial charge in [-0.2, -0.15) is 0 Å². The molecule has 74 valence electrons. The van der Waals surface area contributed by atoms with Crippen molar-refractivity contribution in [2.75, 3.05) is 7.11 Å². The highest BCUT2D eigenvalue weighted by Crippen LogP contribution is 2.37. The molecule has 0 N–H and O–H groups in total. The minimum atomic E-state index is 0.926. The van der Waals surface area contributed by atoms with Crippen molar-refractivity contribution in [3.63, 3.8) is 0 Å². The van der Waals surface area contributed by atoms with E-state index in [4.69, 9.17) is 4.74 Å². The van der Waals surface area contributed by atoms with Gasteiger partial charge in [-0.3, -0.25) is 4.98 Å². The maximum Gasteiger partial charge on any atom is 0.136 e. The number of benzene rings is 1. The molecule has 15 heavy (non-hydrogen) atoms. The molecular weight excluding hydrogens is 206 g/mol. The van der Waals surface area contributed by atoms with Crippen molar-refractivity contribution in [1.29, 1.82) is 0 Å². The Morgan fingerprint density at radius 1 is 1.20 bits per heavy atom. The van der Waals surface area contributed by atoms with Gasteiger partial charge in [-0.1, -0.05) is 12.1 Å². The number of aromatic nitrogens is 1. The maximum absolute atomic E-state index is 5.34. The van der Waals surface area contributed by atoms with E-state index in [1.807, 2.05) is 24.4 Å². The first-order valence-electron chi connectivity index (χ1n) is 4.70. The van der Waals surface area contributed by atoms with Crippen molar-refractivity contribution >= 4 is 31.6 Å². The second kappa shape index (κ2) is 3.21. The monoisotopic (exact) mass is 215 g/mol. The Labute approximate surface area is 91.1 Å². The van der Waals surface area contributed by atoms with E-state index in [1.165, 1.54) is 14.8 Å². The van der Waals surface area contributed by atoms with Crippen LogP contribution in [0.3, 0.4) is 0 Å². The molecule has 3 rings (SSSR count). The fourth-order valence-corrected chi connectivity index (χ4v) is 2.91. The van der Waals surface area contributed by atoms with Crippen LogP contribution in [0.5, 0.6) is 5.75 Å². The molecule has 0 aliphatic carbocycles. The summed E-state index contributed by atoms with van der Waals surface area (Å²) in [5.41, 5.74) is 1.07. The number of thiophene rings is 1. The average Bonchev–Trinajstić information content (AvgIpc) is 2.67. The molecule has 0 fully saturated rings. The van der Waals surface area contributed by atoms with Gasteiger partial charge < -0.3 is 4.74 Å². The van der Waals surface area contributed by atoms with Gasteiger partial charge in [0.25, 0.3) is 0 Å². The minimum absolute atomic E-state index is 0.926. The Bertz CT molecular complexity index is 630. The smallest absolute Gasteiger partial charge is 0.136 e. The lowest BCUT2D eigenvalue weighted by molar-refractivity contribution is 0.420. The van der Waals surface area contributed by atoms with Gasteiger partial charge in [0.1, 0.15) is 5.75 Å². The van der Waals surface area contributed by atoms with E-state index >= 15 is 0 Å². The number of nitrogens with zero attached hydrogens (tertiary/aromatic N) is 1. The molecule has 3 aromatic rings. The van der Waals surface area contributed by atoms with Crippen LogP contribution in [0.4, 0.5) is 0 Å². The number of fused-ring (bicyclic) bond motifs is 3. The van der Waals surface area contributed by atoms with Crippen molar-refractivity contribution in [1.82, 2.24) is 4.98 Å². The summed E-state index contributed by atoms with van der Waals surface area (Å²) in [5.74, 6) is 0.926. The normalized spacial score (nSPS) is 11.0. The quantitative estimate of drug-likeness (QED) is 0.620. The van der Waals surface area contributed by atoms with E-state index in [-0.39, 0.29) is 0 Å². The first-order valence-corrected chi connectivity index (χ1v) is 5.52. The molecule has 1 aromatic carbocycles. The van der Waals surface area contributed by atoms with Gasteiger partial charge >= 0.3 is 0 Å². The zero-order valence-corrected chi connectivity index (χ0v) is 9.04. The molecule has 0 aliphatic heterocycles. The number of rotatable bonds is 1. The van der Waals surface area contributed by atoms with Crippen LogP contribution in [-0.4, -0.2) is 12.1 Å². The molecule has 2 aromatic heterocycles. The summed E-state index contributed by atoms with van der Waals surface area (Å²) < 4.78 is 7.72. The van der Waals surface area contributed by atoms with E-state index in [0.717, 1.165) is 11.3 Å². The van der Waals surface area contributed by atoms with Crippen LogP contribution in [0, 0.1) is 0 Å². The third-order valence-corrected chi connectivity index (χ3v) is 3.61. The summed E-state index contributed by atoms with van der Waals surface area (Å²) in [6.45, 7) is 0. The summed E-state index contributed by atoms with van der Waals surface area (Å²) in [4.78, 5) is 4.40.